The van der Waals surface area contributed by atoms with Crippen LogP contribution >= 0.6 is 0 Å². The third-order valence-corrected chi connectivity index (χ3v) is 5.36. The molecule has 0 saturated carbocycles. The Hall–Kier alpha value is -0.900. The number of hydrogen-bond acceptors (Lipinski definition) is 3. The Morgan fingerprint density at radius 3 is 2.81 bits per heavy atom. The zero-order chi connectivity index (χ0) is 14.8. The molecule has 1 aromatic rings. The third kappa shape index (κ3) is 3.01. The normalized spacial score (nSPS) is 31.7. The Kier molecular flexibility index (Phi) is 4.63. The van der Waals surface area contributed by atoms with E-state index in [0.717, 1.165) is 44.6 Å². The maximum absolute atomic E-state index is 10.9. The zero-order valence-corrected chi connectivity index (χ0v) is 13.3. The van der Waals surface area contributed by atoms with Crippen molar-refractivity contribution in [3.8, 4) is 0 Å². The van der Waals surface area contributed by atoms with Crippen LogP contribution in [0.4, 0.5) is 0 Å². The van der Waals surface area contributed by atoms with Crippen LogP contribution in [0, 0.1) is 0 Å². The molecule has 0 bridgehead atoms. The quantitative estimate of drug-likeness (QED) is 0.847. The maximum Gasteiger partial charge on any atom is 0.0947 e. The molecule has 0 radical (unpaired) electrons. The topological polar surface area (TPSA) is 26.7 Å². The Labute approximate surface area is 128 Å². The largest absolute Gasteiger partial charge is 0.387 e. The minimum absolute atomic E-state index is 0.287. The summed E-state index contributed by atoms with van der Waals surface area (Å²) >= 11 is 0. The lowest BCUT2D eigenvalue weighted by Crippen LogP contribution is -2.55. The van der Waals surface area contributed by atoms with E-state index >= 15 is 0 Å². The van der Waals surface area contributed by atoms with Crippen molar-refractivity contribution in [2.75, 3.05) is 26.2 Å². The number of likely N-dealkylation sites (N-methyl/N-ethyl adjacent to an activating group) is 1. The molecule has 21 heavy (non-hydrogen) atoms. The molecule has 3 nitrogen and oxygen atoms in total. The average Bonchev–Trinajstić information content (AvgIpc) is 2.67. The number of benzene rings is 1. The van der Waals surface area contributed by atoms with Gasteiger partial charge < -0.3 is 5.11 Å². The number of hydrogen-bond donors (Lipinski definition) is 1. The minimum atomic E-state index is -0.330. The Morgan fingerprint density at radius 1 is 1.24 bits per heavy atom. The lowest BCUT2D eigenvalue weighted by atomic mass is 9.97. The molecule has 3 unspecified atom stereocenters. The van der Waals surface area contributed by atoms with Crippen molar-refractivity contribution in [1.82, 2.24) is 9.80 Å². The predicted molar refractivity (Wildman–Crippen MR) is 86.4 cm³/mol. The van der Waals surface area contributed by atoms with Gasteiger partial charge >= 0.3 is 0 Å². The SMILES string of the molecule is CCN1CCN(C2CCCc3ccccc3C2O)CC1C. The standard InChI is InChI=1S/C18H28N2O/c1-3-19-11-12-20(13-14(19)2)17-10-6-8-15-7-4-5-9-16(15)18(17)21/h4-5,7,9,14,17-18,21H,3,6,8,10-13H2,1-2H3. The molecule has 3 rings (SSSR count). The number of rotatable bonds is 2. The van der Waals surface area contributed by atoms with Crippen molar-refractivity contribution in [2.45, 2.75) is 51.3 Å². The van der Waals surface area contributed by atoms with Gasteiger partial charge in [-0.1, -0.05) is 31.2 Å². The van der Waals surface area contributed by atoms with E-state index in [4.69, 9.17) is 0 Å². The second-order valence-electron chi connectivity index (χ2n) is 6.58. The highest BCUT2D eigenvalue weighted by Gasteiger charge is 2.34. The van der Waals surface area contributed by atoms with Gasteiger partial charge in [0.1, 0.15) is 0 Å². The molecular weight excluding hydrogens is 260 g/mol. The van der Waals surface area contributed by atoms with Gasteiger partial charge in [0.25, 0.3) is 0 Å². The highest BCUT2D eigenvalue weighted by atomic mass is 16.3. The summed E-state index contributed by atoms with van der Waals surface area (Å²) in [5.41, 5.74) is 2.50. The smallest absolute Gasteiger partial charge is 0.0947 e. The number of fused-ring (bicyclic) bond motifs is 1. The van der Waals surface area contributed by atoms with Gasteiger partial charge in [0.2, 0.25) is 0 Å². The summed E-state index contributed by atoms with van der Waals surface area (Å²) in [4.78, 5) is 5.07. The van der Waals surface area contributed by atoms with Crippen LogP contribution in [-0.4, -0.2) is 53.2 Å². The first-order valence-corrected chi connectivity index (χ1v) is 8.44. The molecule has 116 valence electrons. The maximum atomic E-state index is 10.9. The Bertz CT molecular complexity index is 476. The summed E-state index contributed by atoms with van der Waals surface area (Å²) in [6, 6.07) is 9.32. The number of aliphatic hydroxyl groups excluding tert-OH is 1. The molecule has 1 saturated heterocycles. The van der Waals surface area contributed by atoms with E-state index in [1.165, 1.54) is 12.0 Å². The zero-order valence-electron chi connectivity index (χ0n) is 13.3. The number of nitrogens with zero attached hydrogens (tertiary/aromatic N) is 2. The fourth-order valence-electron chi connectivity index (χ4n) is 4.09. The molecule has 1 aromatic carbocycles. The van der Waals surface area contributed by atoms with Gasteiger partial charge in [-0.2, -0.15) is 0 Å². The number of aryl methyl sites for hydroxylation is 1. The summed E-state index contributed by atoms with van der Waals surface area (Å²) in [6.07, 6.45) is 3.06. The third-order valence-electron chi connectivity index (χ3n) is 5.36. The van der Waals surface area contributed by atoms with E-state index in [1.54, 1.807) is 0 Å². The molecule has 3 atom stereocenters. The number of aliphatic hydroxyl groups is 1. The fourth-order valence-corrected chi connectivity index (χ4v) is 4.09. The van der Waals surface area contributed by atoms with E-state index in [-0.39, 0.29) is 12.1 Å². The van der Waals surface area contributed by atoms with Gasteiger partial charge in [-0.15, -0.1) is 0 Å². The summed E-state index contributed by atoms with van der Waals surface area (Å²) in [5, 5.41) is 10.9. The molecule has 1 heterocycles. The van der Waals surface area contributed by atoms with E-state index in [2.05, 4.69) is 47.9 Å². The van der Waals surface area contributed by atoms with Crippen LogP contribution in [0.2, 0.25) is 0 Å². The van der Waals surface area contributed by atoms with E-state index in [0.29, 0.717) is 6.04 Å². The summed E-state index contributed by atoms with van der Waals surface area (Å²) < 4.78 is 0. The van der Waals surface area contributed by atoms with Crippen molar-refractivity contribution in [3.05, 3.63) is 35.4 Å². The second kappa shape index (κ2) is 6.47. The van der Waals surface area contributed by atoms with Crippen LogP contribution in [0.1, 0.15) is 43.9 Å². The molecule has 1 N–H and O–H groups in total. The van der Waals surface area contributed by atoms with E-state index in [1.807, 2.05) is 0 Å². The van der Waals surface area contributed by atoms with Gasteiger partial charge in [-0.05, 0) is 43.9 Å². The van der Waals surface area contributed by atoms with Crippen molar-refractivity contribution >= 4 is 0 Å². The van der Waals surface area contributed by atoms with Crippen LogP contribution in [0.5, 0.6) is 0 Å². The van der Waals surface area contributed by atoms with Crippen LogP contribution in [0.25, 0.3) is 0 Å². The lowest BCUT2D eigenvalue weighted by molar-refractivity contribution is -0.00224. The molecule has 0 aromatic heterocycles. The first-order chi connectivity index (χ1) is 10.2. The van der Waals surface area contributed by atoms with Gasteiger partial charge in [0.15, 0.2) is 0 Å². The fraction of sp³-hybridized carbons (Fsp3) is 0.667. The van der Waals surface area contributed by atoms with Crippen molar-refractivity contribution in [1.29, 1.82) is 0 Å². The second-order valence-corrected chi connectivity index (χ2v) is 6.58. The highest BCUT2D eigenvalue weighted by molar-refractivity contribution is 5.31. The minimum Gasteiger partial charge on any atom is -0.387 e. The average molecular weight is 288 g/mol. The van der Waals surface area contributed by atoms with Crippen molar-refractivity contribution in [2.24, 2.45) is 0 Å². The number of piperazine rings is 1. The van der Waals surface area contributed by atoms with Crippen LogP contribution < -0.4 is 0 Å². The Morgan fingerprint density at radius 2 is 2.05 bits per heavy atom. The van der Waals surface area contributed by atoms with E-state index < -0.39 is 0 Å². The monoisotopic (exact) mass is 288 g/mol. The summed E-state index contributed by atoms with van der Waals surface area (Å²) in [5.74, 6) is 0. The van der Waals surface area contributed by atoms with Gasteiger partial charge in [0, 0.05) is 31.7 Å². The van der Waals surface area contributed by atoms with Gasteiger partial charge in [-0.25, -0.2) is 0 Å². The van der Waals surface area contributed by atoms with Crippen LogP contribution in [0.3, 0.4) is 0 Å². The van der Waals surface area contributed by atoms with Crippen LogP contribution in [-0.2, 0) is 6.42 Å². The summed E-state index contributed by atoms with van der Waals surface area (Å²) in [7, 11) is 0. The molecule has 2 aliphatic rings. The molecule has 1 aliphatic heterocycles. The molecule has 3 heteroatoms. The van der Waals surface area contributed by atoms with Crippen molar-refractivity contribution < 1.29 is 5.11 Å². The van der Waals surface area contributed by atoms with Crippen LogP contribution in [0.15, 0.2) is 24.3 Å². The van der Waals surface area contributed by atoms with Crippen molar-refractivity contribution in [3.63, 3.8) is 0 Å². The summed E-state index contributed by atoms with van der Waals surface area (Å²) in [6.45, 7) is 8.98. The van der Waals surface area contributed by atoms with Gasteiger partial charge in [0.05, 0.1) is 6.10 Å². The Balaban J connectivity index is 1.77. The lowest BCUT2D eigenvalue weighted by Gasteiger charge is -2.44. The predicted octanol–water partition coefficient (Wildman–Crippen LogP) is 2.45. The molecular formula is C18H28N2O. The first-order valence-electron chi connectivity index (χ1n) is 8.44. The molecule has 0 amide bonds. The van der Waals surface area contributed by atoms with Gasteiger partial charge in [-0.3, -0.25) is 9.80 Å². The molecule has 1 aliphatic carbocycles. The molecule has 1 fully saturated rings. The highest BCUT2D eigenvalue weighted by Crippen LogP contribution is 2.32. The van der Waals surface area contributed by atoms with E-state index in [9.17, 15) is 5.11 Å². The first kappa shape index (κ1) is 15.0. The molecule has 0 spiro atoms.